The van der Waals surface area contributed by atoms with Crippen LogP contribution in [0.3, 0.4) is 0 Å². The molecule has 1 aromatic carbocycles. The first-order valence-corrected chi connectivity index (χ1v) is 8.35. The van der Waals surface area contributed by atoms with Crippen LogP contribution in [0.1, 0.15) is 43.5 Å². The molecular formula is C17H24ClN3. The summed E-state index contributed by atoms with van der Waals surface area (Å²) < 4.78 is 2.31. The third kappa shape index (κ3) is 2.95. The van der Waals surface area contributed by atoms with Crippen LogP contribution in [0.25, 0.3) is 11.0 Å². The van der Waals surface area contributed by atoms with Crippen LogP contribution < -0.4 is 0 Å². The Morgan fingerprint density at radius 2 is 1.95 bits per heavy atom. The van der Waals surface area contributed by atoms with Crippen molar-refractivity contribution in [2.45, 2.75) is 51.6 Å². The second-order valence-corrected chi connectivity index (χ2v) is 6.94. The summed E-state index contributed by atoms with van der Waals surface area (Å²) >= 11 is 6.37. The predicted octanol–water partition coefficient (Wildman–Crippen LogP) is 4.13. The lowest BCUT2D eigenvalue weighted by atomic mass is 10.2. The Hall–Kier alpha value is -1.06. The Morgan fingerprint density at radius 3 is 2.62 bits per heavy atom. The van der Waals surface area contributed by atoms with Crippen molar-refractivity contribution in [2.75, 3.05) is 13.1 Å². The van der Waals surface area contributed by atoms with Gasteiger partial charge in [-0.25, -0.2) is 4.98 Å². The minimum Gasteiger partial charge on any atom is -0.325 e. The number of aromatic nitrogens is 2. The summed E-state index contributed by atoms with van der Waals surface area (Å²) in [5.74, 6) is 0.989. The summed E-state index contributed by atoms with van der Waals surface area (Å²) in [4.78, 5) is 7.34. The van der Waals surface area contributed by atoms with Gasteiger partial charge in [0.15, 0.2) is 0 Å². The number of fused-ring (bicyclic) bond motifs is 1. The number of hydrogen-bond donors (Lipinski definition) is 0. The monoisotopic (exact) mass is 305 g/mol. The molecule has 4 heteroatoms. The molecular weight excluding hydrogens is 282 g/mol. The number of nitrogens with zero attached hydrogens (tertiary/aromatic N) is 3. The number of likely N-dealkylation sites (tertiary alicyclic amines) is 1. The number of imidazole rings is 1. The number of rotatable bonds is 4. The molecule has 0 aliphatic carbocycles. The van der Waals surface area contributed by atoms with Crippen LogP contribution in [0.2, 0.25) is 0 Å². The molecule has 114 valence electrons. The first-order chi connectivity index (χ1) is 10.1. The van der Waals surface area contributed by atoms with Crippen molar-refractivity contribution in [2.24, 2.45) is 0 Å². The van der Waals surface area contributed by atoms with Crippen molar-refractivity contribution in [3.05, 3.63) is 29.6 Å². The standard InChI is InChI=1S/C17H24ClN3/c1-12-6-7-16-15(10-12)19-17(14(3)18)21(16)11-13(2)20-8-4-5-9-20/h6-7,10,13-14H,4-5,8-9,11H2,1-3H3. The number of alkyl halides is 1. The quantitative estimate of drug-likeness (QED) is 0.792. The average molecular weight is 306 g/mol. The minimum absolute atomic E-state index is 0.0662. The molecule has 1 aliphatic rings. The van der Waals surface area contributed by atoms with Crippen LogP contribution in [0, 0.1) is 6.92 Å². The summed E-state index contributed by atoms with van der Waals surface area (Å²) in [6, 6.07) is 7.01. The fourth-order valence-corrected chi connectivity index (χ4v) is 3.48. The van der Waals surface area contributed by atoms with Gasteiger partial charge >= 0.3 is 0 Å². The molecule has 2 unspecified atom stereocenters. The van der Waals surface area contributed by atoms with Crippen LogP contribution in [0.4, 0.5) is 0 Å². The Balaban J connectivity index is 1.96. The zero-order valence-electron chi connectivity index (χ0n) is 13.1. The largest absolute Gasteiger partial charge is 0.325 e. The second-order valence-electron chi connectivity index (χ2n) is 6.28. The Morgan fingerprint density at radius 1 is 1.24 bits per heavy atom. The number of aryl methyl sites for hydroxylation is 1. The van der Waals surface area contributed by atoms with Crippen LogP contribution in [0.15, 0.2) is 18.2 Å². The van der Waals surface area contributed by atoms with E-state index in [9.17, 15) is 0 Å². The summed E-state index contributed by atoms with van der Waals surface area (Å²) in [7, 11) is 0. The lowest BCUT2D eigenvalue weighted by Crippen LogP contribution is -2.34. The third-order valence-corrected chi connectivity index (χ3v) is 4.70. The van der Waals surface area contributed by atoms with Crippen LogP contribution in [0.5, 0.6) is 0 Å². The molecule has 0 bridgehead atoms. The van der Waals surface area contributed by atoms with Gasteiger partial charge in [0.25, 0.3) is 0 Å². The van der Waals surface area contributed by atoms with E-state index >= 15 is 0 Å². The average Bonchev–Trinajstić information content (AvgIpc) is 3.06. The fourth-order valence-electron chi connectivity index (χ4n) is 3.32. The van der Waals surface area contributed by atoms with Gasteiger partial charge in [-0.05, 0) is 64.4 Å². The van der Waals surface area contributed by atoms with E-state index in [0.29, 0.717) is 6.04 Å². The van der Waals surface area contributed by atoms with Gasteiger partial charge in [-0.3, -0.25) is 4.90 Å². The molecule has 2 heterocycles. The predicted molar refractivity (Wildman–Crippen MR) is 89.0 cm³/mol. The maximum atomic E-state index is 6.37. The van der Waals surface area contributed by atoms with E-state index in [1.807, 2.05) is 6.92 Å². The number of halogens is 1. The van der Waals surface area contributed by atoms with Gasteiger partial charge in [0, 0.05) is 12.6 Å². The highest BCUT2D eigenvalue weighted by atomic mass is 35.5. The van der Waals surface area contributed by atoms with Gasteiger partial charge in [0.1, 0.15) is 5.82 Å². The minimum atomic E-state index is -0.0662. The smallest absolute Gasteiger partial charge is 0.127 e. The van der Waals surface area contributed by atoms with E-state index in [1.54, 1.807) is 0 Å². The topological polar surface area (TPSA) is 21.1 Å². The lowest BCUT2D eigenvalue weighted by molar-refractivity contribution is 0.236. The van der Waals surface area contributed by atoms with Crippen molar-refractivity contribution in [1.29, 1.82) is 0 Å². The summed E-state index contributed by atoms with van der Waals surface area (Å²) in [5.41, 5.74) is 3.51. The zero-order valence-corrected chi connectivity index (χ0v) is 13.9. The Kier molecular flexibility index (Phi) is 4.23. The normalized spacial score (nSPS) is 19.2. The van der Waals surface area contributed by atoms with Crippen molar-refractivity contribution < 1.29 is 0 Å². The van der Waals surface area contributed by atoms with Gasteiger partial charge in [0.2, 0.25) is 0 Å². The molecule has 0 radical (unpaired) electrons. The van der Waals surface area contributed by atoms with Gasteiger partial charge in [0.05, 0.1) is 16.4 Å². The number of hydrogen-bond acceptors (Lipinski definition) is 2. The van der Waals surface area contributed by atoms with Crippen LogP contribution in [-0.2, 0) is 6.54 Å². The van der Waals surface area contributed by atoms with Crippen molar-refractivity contribution in [3.63, 3.8) is 0 Å². The first kappa shape index (κ1) is 14.9. The molecule has 21 heavy (non-hydrogen) atoms. The molecule has 1 fully saturated rings. The fraction of sp³-hybridized carbons (Fsp3) is 0.588. The summed E-state index contributed by atoms with van der Waals surface area (Å²) in [6.07, 6.45) is 2.65. The summed E-state index contributed by atoms with van der Waals surface area (Å²) in [5, 5.41) is -0.0662. The van der Waals surface area contributed by atoms with E-state index in [2.05, 4.69) is 41.5 Å². The van der Waals surface area contributed by atoms with Gasteiger partial charge < -0.3 is 4.57 Å². The van der Waals surface area contributed by atoms with E-state index < -0.39 is 0 Å². The van der Waals surface area contributed by atoms with Crippen LogP contribution in [-0.4, -0.2) is 33.6 Å². The molecule has 0 amide bonds. The van der Waals surface area contributed by atoms with E-state index in [1.165, 1.54) is 37.0 Å². The molecule has 2 atom stereocenters. The Labute approximate surface area is 131 Å². The Bertz CT molecular complexity index is 626. The molecule has 1 aliphatic heterocycles. The molecule has 2 aromatic rings. The highest BCUT2D eigenvalue weighted by molar-refractivity contribution is 6.20. The number of benzene rings is 1. The van der Waals surface area contributed by atoms with Crippen molar-refractivity contribution in [1.82, 2.24) is 14.5 Å². The van der Waals surface area contributed by atoms with Crippen molar-refractivity contribution >= 4 is 22.6 Å². The SMILES string of the molecule is Cc1ccc2c(c1)nc(C(C)Cl)n2CC(C)N1CCCC1. The highest BCUT2D eigenvalue weighted by Crippen LogP contribution is 2.26. The van der Waals surface area contributed by atoms with Gasteiger partial charge in [-0.15, -0.1) is 11.6 Å². The van der Waals surface area contributed by atoms with E-state index in [4.69, 9.17) is 16.6 Å². The van der Waals surface area contributed by atoms with Gasteiger partial charge in [-0.1, -0.05) is 6.07 Å². The van der Waals surface area contributed by atoms with E-state index in [-0.39, 0.29) is 5.38 Å². The third-order valence-electron chi connectivity index (χ3n) is 4.50. The van der Waals surface area contributed by atoms with E-state index in [0.717, 1.165) is 17.9 Å². The first-order valence-electron chi connectivity index (χ1n) is 7.91. The molecule has 3 nitrogen and oxygen atoms in total. The molecule has 1 aromatic heterocycles. The molecule has 0 saturated carbocycles. The lowest BCUT2D eigenvalue weighted by Gasteiger charge is -2.25. The zero-order chi connectivity index (χ0) is 15.0. The molecule has 1 saturated heterocycles. The van der Waals surface area contributed by atoms with Gasteiger partial charge in [-0.2, -0.15) is 0 Å². The molecule has 0 N–H and O–H groups in total. The summed E-state index contributed by atoms with van der Waals surface area (Å²) in [6.45, 7) is 9.83. The second kappa shape index (κ2) is 5.98. The van der Waals surface area contributed by atoms with Crippen molar-refractivity contribution in [3.8, 4) is 0 Å². The maximum Gasteiger partial charge on any atom is 0.127 e. The van der Waals surface area contributed by atoms with Crippen LogP contribution >= 0.6 is 11.6 Å². The highest BCUT2D eigenvalue weighted by Gasteiger charge is 2.22. The molecule has 3 rings (SSSR count). The maximum absolute atomic E-state index is 6.37. The molecule has 0 spiro atoms.